The molecule has 0 aromatic carbocycles. The van der Waals surface area contributed by atoms with Crippen LogP contribution in [0.15, 0.2) is 16.9 Å². The van der Waals surface area contributed by atoms with E-state index in [0.717, 1.165) is 38.3 Å². The molecule has 1 saturated heterocycles. The summed E-state index contributed by atoms with van der Waals surface area (Å²) in [6.07, 6.45) is 1.14. The molecule has 5 nitrogen and oxygen atoms in total. The number of aromatic nitrogens is 1. The topological polar surface area (TPSA) is 45.6 Å². The highest BCUT2D eigenvalue weighted by molar-refractivity contribution is 5.92. The fourth-order valence-electron chi connectivity index (χ4n) is 3.38. The first-order chi connectivity index (χ1) is 10.8. The number of pyridine rings is 1. The molecule has 1 aromatic heterocycles. The summed E-state index contributed by atoms with van der Waals surface area (Å²) < 4.78 is 1.79. The molecule has 0 bridgehead atoms. The molecule has 5 heteroatoms. The molecule has 0 spiro atoms. The number of hydrogen-bond donors (Lipinski definition) is 0. The number of aryl methyl sites for hydroxylation is 1. The molecule has 1 aliphatic rings. The van der Waals surface area contributed by atoms with Crippen molar-refractivity contribution < 1.29 is 4.79 Å². The first kappa shape index (κ1) is 17.7. The van der Waals surface area contributed by atoms with Gasteiger partial charge in [0.15, 0.2) is 5.43 Å². The predicted molar refractivity (Wildman–Crippen MR) is 92.8 cm³/mol. The Morgan fingerprint density at radius 3 is 2.74 bits per heavy atom. The lowest BCUT2D eigenvalue weighted by molar-refractivity contribution is 0.0762. The van der Waals surface area contributed by atoms with Crippen LogP contribution in [0, 0.1) is 18.8 Å². The van der Waals surface area contributed by atoms with Crippen LogP contribution in [0.1, 0.15) is 36.5 Å². The normalized spacial score (nSPS) is 18.6. The van der Waals surface area contributed by atoms with Gasteiger partial charge in [0, 0.05) is 51.6 Å². The largest absolute Gasteiger partial charge is 0.344 e. The van der Waals surface area contributed by atoms with Crippen molar-refractivity contribution in [2.24, 2.45) is 18.9 Å². The molecule has 128 valence electrons. The predicted octanol–water partition coefficient (Wildman–Crippen LogP) is 1.74. The minimum atomic E-state index is -0.110. The van der Waals surface area contributed by atoms with Gasteiger partial charge in [-0.1, -0.05) is 13.8 Å². The van der Waals surface area contributed by atoms with Crippen LogP contribution in [-0.4, -0.2) is 53.5 Å². The summed E-state index contributed by atoms with van der Waals surface area (Å²) in [4.78, 5) is 28.6. The summed E-state index contributed by atoms with van der Waals surface area (Å²) >= 11 is 0. The van der Waals surface area contributed by atoms with Crippen molar-refractivity contribution in [3.63, 3.8) is 0 Å². The fourth-order valence-corrected chi connectivity index (χ4v) is 3.38. The molecule has 1 aromatic rings. The van der Waals surface area contributed by atoms with Crippen LogP contribution in [0.4, 0.5) is 0 Å². The molecule has 1 amide bonds. The number of rotatable bonds is 5. The van der Waals surface area contributed by atoms with Gasteiger partial charge >= 0.3 is 0 Å². The summed E-state index contributed by atoms with van der Waals surface area (Å²) in [7, 11) is 3.66. The van der Waals surface area contributed by atoms with E-state index < -0.39 is 0 Å². The van der Waals surface area contributed by atoms with E-state index in [1.54, 1.807) is 15.5 Å². The summed E-state index contributed by atoms with van der Waals surface area (Å²) in [6.45, 7) is 10.4. The Hall–Kier alpha value is -1.62. The lowest BCUT2D eigenvalue weighted by atomic mass is 10.1. The van der Waals surface area contributed by atoms with E-state index in [1.807, 2.05) is 21.0 Å². The number of carbonyl (C=O) groups excluding carboxylic acids is 1. The number of nitrogens with zero attached hydrogens (tertiary/aromatic N) is 3. The van der Waals surface area contributed by atoms with Crippen molar-refractivity contribution in [2.45, 2.75) is 27.2 Å². The maximum atomic E-state index is 12.7. The zero-order valence-corrected chi connectivity index (χ0v) is 15.0. The molecule has 1 aliphatic heterocycles. The molecular weight excluding hydrogens is 290 g/mol. The van der Waals surface area contributed by atoms with Gasteiger partial charge in [-0.2, -0.15) is 0 Å². The maximum Gasteiger partial charge on any atom is 0.270 e. The molecule has 0 N–H and O–H groups in total. The number of hydrogen-bond acceptors (Lipinski definition) is 3. The number of amides is 1. The average Bonchev–Trinajstić information content (AvgIpc) is 2.88. The molecule has 0 saturated carbocycles. The number of carbonyl (C=O) groups is 1. The minimum Gasteiger partial charge on any atom is -0.344 e. The van der Waals surface area contributed by atoms with Crippen molar-refractivity contribution in [1.29, 1.82) is 0 Å². The SMILES string of the molecule is Cc1cc(=O)cc(C(=O)N(C)C[C@@H]2CCN(CC(C)C)C2)n1C. The van der Waals surface area contributed by atoms with E-state index in [0.29, 0.717) is 17.5 Å². The van der Waals surface area contributed by atoms with E-state index in [-0.39, 0.29) is 11.3 Å². The molecular formula is C18H29N3O2. The third-order valence-electron chi connectivity index (χ3n) is 4.61. The number of likely N-dealkylation sites (tertiary alicyclic amines) is 1. The van der Waals surface area contributed by atoms with Gasteiger partial charge in [0.25, 0.3) is 5.91 Å². The molecule has 1 atom stereocenters. The second kappa shape index (κ2) is 7.30. The molecule has 2 heterocycles. The Kier molecular flexibility index (Phi) is 5.63. The highest BCUT2D eigenvalue weighted by atomic mass is 16.2. The van der Waals surface area contributed by atoms with Crippen molar-refractivity contribution in [3.8, 4) is 0 Å². The van der Waals surface area contributed by atoms with Crippen LogP contribution in [-0.2, 0) is 7.05 Å². The Morgan fingerprint density at radius 1 is 1.39 bits per heavy atom. The molecule has 23 heavy (non-hydrogen) atoms. The fraction of sp³-hybridized carbons (Fsp3) is 0.667. The molecule has 1 fully saturated rings. The lowest BCUT2D eigenvalue weighted by Crippen LogP contribution is -2.35. The zero-order chi connectivity index (χ0) is 17.1. The van der Waals surface area contributed by atoms with Gasteiger partial charge in [-0.25, -0.2) is 0 Å². The van der Waals surface area contributed by atoms with Gasteiger partial charge in [-0.3, -0.25) is 9.59 Å². The molecule has 2 rings (SSSR count). The highest BCUT2D eigenvalue weighted by Gasteiger charge is 2.26. The van der Waals surface area contributed by atoms with Gasteiger partial charge in [0.2, 0.25) is 0 Å². The minimum absolute atomic E-state index is 0.0735. The van der Waals surface area contributed by atoms with Crippen molar-refractivity contribution >= 4 is 5.91 Å². The van der Waals surface area contributed by atoms with Crippen LogP contribution in [0.5, 0.6) is 0 Å². The van der Waals surface area contributed by atoms with Crippen molar-refractivity contribution in [1.82, 2.24) is 14.4 Å². The van der Waals surface area contributed by atoms with E-state index in [2.05, 4.69) is 18.7 Å². The average molecular weight is 319 g/mol. The lowest BCUT2D eigenvalue weighted by Gasteiger charge is -2.23. The van der Waals surface area contributed by atoms with Gasteiger partial charge in [0.05, 0.1) is 0 Å². The Morgan fingerprint density at radius 2 is 2.09 bits per heavy atom. The van der Waals surface area contributed by atoms with Crippen molar-refractivity contribution in [3.05, 3.63) is 33.7 Å². The molecule has 0 radical (unpaired) electrons. The van der Waals surface area contributed by atoms with Crippen molar-refractivity contribution in [2.75, 3.05) is 33.2 Å². The van der Waals surface area contributed by atoms with E-state index in [9.17, 15) is 9.59 Å². The Balaban J connectivity index is 2.00. The van der Waals surface area contributed by atoms with E-state index in [1.165, 1.54) is 6.07 Å². The standard InChI is InChI=1S/C18H29N3O2/c1-13(2)10-21-7-6-15(12-21)11-19(4)18(23)17-9-16(22)8-14(3)20(17)5/h8-9,13,15H,6-7,10-12H2,1-5H3/t15-/m0/s1. The molecule has 0 unspecified atom stereocenters. The summed E-state index contributed by atoms with van der Waals surface area (Å²) in [5.74, 6) is 1.12. The maximum absolute atomic E-state index is 12.7. The third-order valence-corrected chi connectivity index (χ3v) is 4.61. The highest BCUT2D eigenvalue weighted by Crippen LogP contribution is 2.19. The third kappa shape index (κ3) is 4.44. The van der Waals surface area contributed by atoms with Crippen LogP contribution >= 0.6 is 0 Å². The monoisotopic (exact) mass is 319 g/mol. The summed E-state index contributed by atoms with van der Waals surface area (Å²) in [6, 6.07) is 2.99. The first-order valence-electron chi connectivity index (χ1n) is 8.43. The Labute approximate surface area is 138 Å². The van der Waals surface area contributed by atoms with E-state index in [4.69, 9.17) is 0 Å². The summed E-state index contributed by atoms with van der Waals surface area (Å²) in [5, 5.41) is 0. The Bertz CT molecular complexity index is 621. The second-order valence-electron chi connectivity index (χ2n) is 7.27. The summed E-state index contributed by atoms with van der Waals surface area (Å²) in [5.41, 5.74) is 1.16. The van der Waals surface area contributed by atoms with Gasteiger partial charge in [-0.15, -0.1) is 0 Å². The second-order valence-corrected chi connectivity index (χ2v) is 7.27. The van der Waals surface area contributed by atoms with Gasteiger partial charge in [-0.05, 0) is 31.7 Å². The van der Waals surface area contributed by atoms with Crippen LogP contribution in [0.3, 0.4) is 0 Å². The molecule has 0 aliphatic carbocycles. The quantitative estimate of drug-likeness (QED) is 0.830. The first-order valence-corrected chi connectivity index (χ1v) is 8.43. The van der Waals surface area contributed by atoms with Gasteiger partial charge < -0.3 is 14.4 Å². The van der Waals surface area contributed by atoms with E-state index >= 15 is 0 Å². The zero-order valence-electron chi connectivity index (χ0n) is 15.0. The van der Waals surface area contributed by atoms with Gasteiger partial charge in [0.1, 0.15) is 5.69 Å². The smallest absolute Gasteiger partial charge is 0.270 e. The van der Waals surface area contributed by atoms with Crippen LogP contribution < -0.4 is 5.43 Å². The van der Waals surface area contributed by atoms with Crippen LogP contribution in [0.2, 0.25) is 0 Å². The van der Waals surface area contributed by atoms with Crippen LogP contribution in [0.25, 0.3) is 0 Å².